The Balaban J connectivity index is 0. The number of thiocarbonyl (C=S) groups is 1. The molecule has 0 amide bonds. The summed E-state index contributed by atoms with van der Waals surface area (Å²) in [6.07, 6.45) is 2.37. The molecule has 0 fully saturated rings. The summed E-state index contributed by atoms with van der Waals surface area (Å²) >= 11 is 9.54. The summed E-state index contributed by atoms with van der Waals surface area (Å²) in [5, 5.41) is 0. The molecule has 0 spiro atoms. The second-order valence-electron chi connectivity index (χ2n) is 2.04. The molecule has 0 unspecified atom stereocenters. The maximum Gasteiger partial charge on any atom is 1.00 e. The minimum absolute atomic E-state index is 0. The van der Waals surface area contributed by atoms with Crippen LogP contribution in [0.2, 0.25) is 0 Å². The first-order chi connectivity index (χ1) is 4.18. The van der Waals surface area contributed by atoms with Gasteiger partial charge < -0.3 is 29.7 Å². The van der Waals surface area contributed by atoms with Crippen LogP contribution in [0.5, 0.6) is 0 Å². The zero-order chi connectivity index (χ0) is 7.28. The monoisotopic (exact) mass is 201 g/mol. The smallest absolute Gasteiger partial charge is 0.411 e. The van der Waals surface area contributed by atoms with Crippen molar-refractivity contribution in [3.05, 3.63) is 0 Å². The Kier molecular flexibility index (Phi) is 12.6. The van der Waals surface area contributed by atoms with Gasteiger partial charge >= 0.3 is 51.4 Å². The van der Waals surface area contributed by atoms with E-state index in [9.17, 15) is 0 Å². The molecule has 0 aliphatic carbocycles. The van der Waals surface area contributed by atoms with Crippen molar-refractivity contribution >= 4 is 29.2 Å². The molecule has 1 nitrogen and oxygen atoms in total. The maximum atomic E-state index is 4.77. The molecule has 0 saturated carbocycles. The summed E-state index contributed by atoms with van der Waals surface area (Å²) in [5.41, 5.74) is 0. The van der Waals surface area contributed by atoms with Crippen molar-refractivity contribution in [3.63, 3.8) is 0 Å². The molecule has 0 aliphatic rings. The topological polar surface area (TPSA) is 3.24 Å². The third-order valence-electron chi connectivity index (χ3n) is 1.16. The van der Waals surface area contributed by atoms with Gasteiger partial charge in [0.1, 0.15) is 0 Å². The van der Waals surface area contributed by atoms with Crippen molar-refractivity contribution in [3.8, 4) is 0 Å². The molecule has 0 saturated heterocycles. The Morgan fingerprint density at radius 2 is 2.10 bits per heavy atom. The molecule has 0 aromatic rings. The van der Waals surface area contributed by atoms with Gasteiger partial charge in [0.2, 0.25) is 0 Å². The van der Waals surface area contributed by atoms with Crippen molar-refractivity contribution < 1.29 is 51.4 Å². The van der Waals surface area contributed by atoms with Crippen LogP contribution in [-0.4, -0.2) is 22.8 Å². The van der Waals surface area contributed by atoms with E-state index in [0.717, 1.165) is 6.54 Å². The molecular weight excluding hydrogens is 189 g/mol. The van der Waals surface area contributed by atoms with Crippen LogP contribution in [0.4, 0.5) is 0 Å². The summed E-state index contributed by atoms with van der Waals surface area (Å²) < 4.78 is 0.573. The fourth-order valence-corrected chi connectivity index (χ4v) is 0.669. The van der Waals surface area contributed by atoms with E-state index in [-0.39, 0.29) is 51.4 Å². The van der Waals surface area contributed by atoms with Crippen LogP contribution in [-0.2, 0) is 12.6 Å². The number of unbranched alkanes of at least 4 members (excludes halogenated alkanes) is 1. The van der Waals surface area contributed by atoms with Crippen molar-refractivity contribution in [2.45, 2.75) is 19.8 Å². The molecule has 0 bridgehead atoms. The average molecular weight is 201 g/mol. The quantitative estimate of drug-likeness (QED) is 0.313. The number of rotatable bonds is 3. The van der Waals surface area contributed by atoms with Gasteiger partial charge in [-0.3, -0.25) is 0 Å². The molecule has 0 heterocycles. The van der Waals surface area contributed by atoms with Gasteiger partial charge in [-0.05, 0) is 6.42 Å². The molecule has 0 atom stereocenters. The predicted molar refractivity (Wildman–Crippen MR) is 47.5 cm³/mol. The zero-order valence-corrected chi connectivity index (χ0v) is 11.6. The summed E-state index contributed by atoms with van der Waals surface area (Å²) in [4.78, 5) is 1.92. The molecule has 4 heteroatoms. The minimum Gasteiger partial charge on any atom is -0.411 e. The van der Waals surface area contributed by atoms with Crippen LogP contribution in [0.1, 0.15) is 19.8 Å². The Labute approximate surface area is 117 Å². The molecule has 0 radical (unpaired) electrons. The Morgan fingerprint density at radius 1 is 1.60 bits per heavy atom. The average Bonchev–Trinajstić information content (AvgIpc) is 1.82. The predicted octanol–water partition coefficient (Wildman–Crippen LogP) is -1.45. The minimum atomic E-state index is 0. The van der Waals surface area contributed by atoms with Crippen LogP contribution in [0.15, 0.2) is 0 Å². The summed E-state index contributed by atoms with van der Waals surface area (Å²) in [7, 11) is 1.94. The number of hydrogen-bond acceptors (Lipinski definition) is 2. The van der Waals surface area contributed by atoms with Crippen molar-refractivity contribution in [2.75, 3.05) is 13.6 Å². The fraction of sp³-hybridized carbons (Fsp3) is 0.833. The van der Waals surface area contributed by atoms with Gasteiger partial charge in [-0.1, -0.05) is 17.7 Å². The number of nitrogens with zero attached hydrogens (tertiary/aromatic N) is 1. The molecule has 54 valence electrons. The summed E-state index contributed by atoms with van der Waals surface area (Å²) in [5.74, 6) is 0. The van der Waals surface area contributed by atoms with Crippen LogP contribution < -0.4 is 51.4 Å². The zero-order valence-electron chi connectivity index (χ0n) is 6.89. The molecule has 0 aromatic carbocycles. The van der Waals surface area contributed by atoms with Gasteiger partial charge in [0.15, 0.2) is 0 Å². The van der Waals surface area contributed by atoms with Crippen molar-refractivity contribution in [2.24, 2.45) is 0 Å². The second-order valence-corrected chi connectivity index (χ2v) is 3.07. The normalized spacial score (nSPS) is 8.20. The number of hydrogen-bond donors (Lipinski definition) is 0. The molecular formula is C6H12KNS2. The Hall–Kier alpha value is 1.75. The summed E-state index contributed by atoms with van der Waals surface area (Å²) in [6, 6.07) is 0. The van der Waals surface area contributed by atoms with E-state index in [1.165, 1.54) is 12.8 Å². The van der Waals surface area contributed by atoms with E-state index in [2.05, 4.69) is 6.92 Å². The van der Waals surface area contributed by atoms with Crippen LogP contribution in [0.3, 0.4) is 0 Å². The molecule has 0 aliphatic heterocycles. The first kappa shape index (κ1) is 14.3. The standard InChI is InChI=1S/C6H13NS2.K/c1-3-4-5-7(2)6(8)9;/h3-5H2,1-2H3,(H,8,9);/q;+1/p-1. The van der Waals surface area contributed by atoms with Crippen LogP contribution in [0, 0.1) is 0 Å². The van der Waals surface area contributed by atoms with Crippen molar-refractivity contribution in [1.82, 2.24) is 4.90 Å². The first-order valence-electron chi connectivity index (χ1n) is 3.10. The third-order valence-corrected chi connectivity index (χ3v) is 1.78. The van der Waals surface area contributed by atoms with E-state index in [1.807, 2.05) is 11.9 Å². The van der Waals surface area contributed by atoms with E-state index < -0.39 is 0 Å². The largest absolute Gasteiger partial charge is 1.00 e. The van der Waals surface area contributed by atoms with Crippen LogP contribution in [0.25, 0.3) is 0 Å². The second kappa shape index (κ2) is 8.84. The molecule has 0 aromatic heterocycles. The van der Waals surface area contributed by atoms with E-state index in [0.29, 0.717) is 4.32 Å². The first-order valence-corrected chi connectivity index (χ1v) is 3.92. The Morgan fingerprint density at radius 3 is 2.40 bits per heavy atom. The third kappa shape index (κ3) is 7.85. The fourth-order valence-electron chi connectivity index (χ4n) is 0.487. The maximum absolute atomic E-state index is 4.77. The SMILES string of the molecule is CCCCN(C)C(=S)[S-].[K+]. The van der Waals surface area contributed by atoms with E-state index >= 15 is 0 Å². The van der Waals surface area contributed by atoms with E-state index in [4.69, 9.17) is 24.8 Å². The van der Waals surface area contributed by atoms with Gasteiger partial charge in [-0.2, -0.15) is 0 Å². The molecule has 0 N–H and O–H groups in total. The van der Waals surface area contributed by atoms with Gasteiger partial charge in [-0.15, -0.1) is 0 Å². The van der Waals surface area contributed by atoms with Crippen molar-refractivity contribution in [1.29, 1.82) is 0 Å². The van der Waals surface area contributed by atoms with Crippen LogP contribution >= 0.6 is 12.2 Å². The van der Waals surface area contributed by atoms with Gasteiger partial charge in [-0.25, -0.2) is 0 Å². The Bertz CT molecular complexity index is 97.7. The molecule has 10 heavy (non-hydrogen) atoms. The summed E-state index contributed by atoms with van der Waals surface area (Å²) in [6.45, 7) is 3.15. The van der Waals surface area contributed by atoms with Gasteiger partial charge in [0.25, 0.3) is 0 Å². The van der Waals surface area contributed by atoms with Gasteiger partial charge in [0, 0.05) is 13.6 Å². The van der Waals surface area contributed by atoms with E-state index in [1.54, 1.807) is 0 Å². The molecule has 0 rings (SSSR count). The van der Waals surface area contributed by atoms with Gasteiger partial charge in [0.05, 0.1) is 0 Å².